The first-order valence-corrected chi connectivity index (χ1v) is 4.99. The Balaban J connectivity index is 2.13. The van der Waals surface area contributed by atoms with E-state index < -0.39 is 0 Å². The van der Waals surface area contributed by atoms with Gasteiger partial charge < -0.3 is 0 Å². The van der Waals surface area contributed by atoms with E-state index >= 15 is 0 Å². The quantitative estimate of drug-likeness (QED) is 0.621. The molecule has 0 saturated heterocycles. The molecule has 0 nitrogen and oxygen atoms in total. The monoisotopic (exact) mass is 160 g/mol. The van der Waals surface area contributed by atoms with Crippen molar-refractivity contribution < 1.29 is 0 Å². The third-order valence-corrected chi connectivity index (χ3v) is 2.96. The maximum absolute atomic E-state index is 2.31. The van der Waals surface area contributed by atoms with E-state index in [1.165, 1.54) is 24.8 Å². The lowest BCUT2D eigenvalue weighted by atomic mass is 9.80. The zero-order chi connectivity index (χ0) is 8.39. The summed E-state index contributed by atoms with van der Waals surface area (Å²) in [5.41, 5.74) is 3.01. The summed E-state index contributed by atoms with van der Waals surface area (Å²) in [5.74, 6) is 0.885. The molecular weight excluding hydrogens is 144 g/mol. The summed E-state index contributed by atoms with van der Waals surface area (Å²) in [6, 6.07) is 9.16. The van der Waals surface area contributed by atoms with Crippen LogP contribution in [-0.4, -0.2) is 0 Å². The Hall–Kier alpha value is -0.780. The lowest BCUT2D eigenvalue weighted by Gasteiger charge is -2.25. The highest BCUT2D eigenvalue weighted by Crippen LogP contribution is 2.36. The van der Waals surface area contributed by atoms with Crippen molar-refractivity contribution in [2.24, 2.45) is 0 Å². The topological polar surface area (TPSA) is 0 Å². The fourth-order valence-corrected chi connectivity index (χ4v) is 1.77. The van der Waals surface area contributed by atoms with E-state index in [0.29, 0.717) is 0 Å². The van der Waals surface area contributed by atoms with Gasteiger partial charge in [-0.1, -0.05) is 37.6 Å². The van der Waals surface area contributed by atoms with Gasteiger partial charge in [0.05, 0.1) is 0 Å². The minimum Gasteiger partial charge on any atom is -0.0613 e. The smallest absolute Gasteiger partial charge is 0.0162 e. The van der Waals surface area contributed by atoms with Crippen LogP contribution >= 0.6 is 0 Å². The van der Waals surface area contributed by atoms with E-state index in [1.54, 1.807) is 5.56 Å². The minimum absolute atomic E-state index is 0.885. The van der Waals surface area contributed by atoms with Crippen LogP contribution in [0.3, 0.4) is 0 Å². The lowest BCUT2D eigenvalue weighted by molar-refractivity contribution is 0.419. The van der Waals surface area contributed by atoms with Gasteiger partial charge in [-0.25, -0.2) is 0 Å². The zero-order valence-corrected chi connectivity index (χ0v) is 7.72. The second kappa shape index (κ2) is 3.30. The normalized spacial score (nSPS) is 17.4. The zero-order valence-electron chi connectivity index (χ0n) is 7.72. The number of rotatable bonds is 2. The minimum atomic E-state index is 0.885. The molecular formula is C12H16. The Bertz CT molecular complexity index is 241. The van der Waals surface area contributed by atoms with Crippen molar-refractivity contribution in [1.29, 1.82) is 0 Å². The van der Waals surface area contributed by atoms with E-state index in [9.17, 15) is 0 Å². The van der Waals surface area contributed by atoms with Crippen LogP contribution in [0.1, 0.15) is 43.2 Å². The highest BCUT2D eigenvalue weighted by atomic mass is 14.2. The second-order valence-electron chi connectivity index (χ2n) is 3.72. The van der Waals surface area contributed by atoms with E-state index in [1.807, 2.05) is 0 Å². The fraction of sp³-hybridized carbons (Fsp3) is 0.500. The third kappa shape index (κ3) is 1.38. The maximum atomic E-state index is 2.31. The average molecular weight is 160 g/mol. The molecule has 0 N–H and O–H groups in total. The summed E-state index contributed by atoms with van der Waals surface area (Å²) in [6.45, 7) is 2.21. The summed E-state index contributed by atoms with van der Waals surface area (Å²) >= 11 is 0. The molecule has 1 aliphatic rings. The summed E-state index contributed by atoms with van der Waals surface area (Å²) in [7, 11) is 0. The van der Waals surface area contributed by atoms with Crippen molar-refractivity contribution in [1.82, 2.24) is 0 Å². The molecule has 0 heterocycles. The molecule has 0 unspecified atom stereocenters. The molecule has 12 heavy (non-hydrogen) atoms. The molecule has 0 heteroatoms. The van der Waals surface area contributed by atoms with Gasteiger partial charge in [0.25, 0.3) is 0 Å². The Morgan fingerprint density at radius 1 is 1.17 bits per heavy atom. The number of aryl methyl sites for hydroxylation is 1. The molecule has 2 rings (SSSR count). The molecule has 0 aliphatic heterocycles. The first kappa shape index (κ1) is 7.85. The first-order chi connectivity index (χ1) is 5.90. The Kier molecular flexibility index (Phi) is 2.16. The van der Waals surface area contributed by atoms with Crippen LogP contribution in [0, 0.1) is 0 Å². The van der Waals surface area contributed by atoms with Crippen LogP contribution < -0.4 is 0 Å². The Labute approximate surface area is 74.6 Å². The molecule has 0 radical (unpaired) electrons. The van der Waals surface area contributed by atoms with Gasteiger partial charge in [0.15, 0.2) is 0 Å². The van der Waals surface area contributed by atoms with Gasteiger partial charge in [-0.05, 0) is 36.3 Å². The predicted molar refractivity (Wildman–Crippen MR) is 52.4 cm³/mol. The molecule has 1 aromatic carbocycles. The number of hydrogen-bond acceptors (Lipinski definition) is 0. The van der Waals surface area contributed by atoms with Crippen molar-refractivity contribution in [3.8, 4) is 0 Å². The van der Waals surface area contributed by atoms with Crippen molar-refractivity contribution in [3.63, 3.8) is 0 Å². The largest absolute Gasteiger partial charge is 0.0613 e. The van der Waals surface area contributed by atoms with Crippen LogP contribution in [0.2, 0.25) is 0 Å². The van der Waals surface area contributed by atoms with E-state index in [-0.39, 0.29) is 0 Å². The van der Waals surface area contributed by atoms with E-state index in [0.717, 1.165) is 12.3 Å². The summed E-state index contributed by atoms with van der Waals surface area (Å²) < 4.78 is 0. The van der Waals surface area contributed by atoms with Gasteiger partial charge in [0.2, 0.25) is 0 Å². The van der Waals surface area contributed by atoms with Gasteiger partial charge in [0.1, 0.15) is 0 Å². The predicted octanol–water partition coefficient (Wildman–Crippen LogP) is 3.52. The molecule has 1 aromatic rings. The summed E-state index contributed by atoms with van der Waals surface area (Å²) in [6.07, 6.45) is 5.40. The van der Waals surface area contributed by atoms with Crippen LogP contribution in [0.5, 0.6) is 0 Å². The van der Waals surface area contributed by atoms with Crippen molar-refractivity contribution >= 4 is 0 Å². The molecule has 1 aliphatic carbocycles. The standard InChI is InChI=1S/C12H16/c1-2-10-6-8-12(9-7-10)11-4-3-5-11/h6-9,11H,2-5H2,1H3. The molecule has 64 valence electrons. The van der Waals surface area contributed by atoms with E-state index in [2.05, 4.69) is 31.2 Å². The van der Waals surface area contributed by atoms with Crippen LogP contribution in [-0.2, 0) is 6.42 Å². The third-order valence-electron chi connectivity index (χ3n) is 2.96. The van der Waals surface area contributed by atoms with E-state index in [4.69, 9.17) is 0 Å². The Morgan fingerprint density at radius 2 is 1.83 bits per heavy atom. The highest BCUT2D eigenvalue weighted by molar-refractivity contribution is 5.26. The van der Waals surface area contributed by atoms with Gasteiger partial charge in [-0.3, -0.25) is 0 Å². The van der Waals surface area contributed by atoms with Gasteiger partial charge >= 0.3 is 0 Å². The lowest BCUT2D eigenvalue weighted by Crippen LogP contribution is -2.08. The summed E-state index contributed by atoms with van der Waals surface area (Å²) in [5, 5.41) is 0. The van der Waals surface area contributed by atoms with Gasteiger partial charge in [-0.2, -0.15) is 0 Å². The van der Waals surface area contributed by atoms with Gasteiger partial charge in [0, 0.05) is 0 Å². The SMILES string of the molecule is CCc1ccc(C2CCC2)cc1. The van der Waals surface area contributed by atoms with Crippen molar-refractivity contribution in [2.75, 3.05) is 0 Å². The molecule has 0 amide bonds. The van der Waals surface area contributed by atoms with Crippen LogP contribution in [0.15, 0.2) is 24.3 Å². The van der Waals surface area contributed by atoms with Gasteiger partial charge in [-0.15, -0.1) is 0 Å². The highest BCUT2D eigenvalue weighted by Gasteiger charge is 2.18. The molecule has 1 fully saturated rings. The molecule has 0 spiro atoms. The second-order valence-corrected chi connectivity index (χ2v) is 3.72. The van der Waals surface area contributed by atoms with Crippen molar-refractivity contribution in [3.05, 3.63) is 35.4 Å². The molecule has 0 aromatic heterocycles. The molecule has 0 atom stereocenters. The molecule has 0 bridgehead atoms. The average Bonchev–Trinajstić information content (AvgIpc) is 2.03. The summed E-state index contributed by atoms with van der Waals surface area (Å²) in [4.78, 5) is 0. The maximum Gasteiger partial charge on any atom is -0.0162 e. The van der Waals surface area contributed by atoms with Crippen LogP contribution in [0.25, 0.3) is 0 Å². The molecule has 1 saturated carbocycles. The Morgan fingerprint density at radius 3 is 2.25 bits per heavy atom. The number of benzene rings is 1. The number of hydrogen-bond donors (Lipinski definition) is 0. The first-order valence-electron chi connectivity index (χ1n) is 4.99. The fourth-order valence-electron chi connectivity index (χ4n) is 1.77. The van der Waals surface area contributed by atoms with Crippen LogP contribution in [0.4, 0.5) is 0 Å². The van der Waals surface area contributed by atoms with Crippen molar-refractivity contribution in [2.45, 2.75) is 38.5 Å².